The maximum atomic E-state index is 14.8. The fraction of sp³-hybridized carbons (Fsp3) is 0.600. The first-order chi connectivity index (χ1) is 25.2. The molecule has 2 amide bonds. The highest BCUT2D eigenvalue weighted by Gasteiger charge is 2.44. The maximum Gasteiger partial charge on any atom is 0.286 e. The minimum absolute atomic E-state index is 0.0510. The van der Waals surface area contributed by atoms with Gasteiger partial charge in [-0.25, -0.2) is 4.21 Å². The lowest BCUT2D eigenvalue weighted by molar-refractivity contribution is -0.128. The van der Waals surface area contributed by atoms with E-state index in [1.54, 1.807) is 13.2 Å². The highest BCUT2D eigenvalue weighted by molar-refractivity contribution is 7.93. The van der Waals surface area contributed by atoms with Crippen LogP contribution in [0.1, 0.15) is 86.2 Å². The molecule has 2 aromatic rings. The number of aryl methyl sites for hydroxylation is 1. The van der Waals surface area contributed by atoms with Crippen molar-refractivity contribution in [3.63, 3.8) is 0 Å². The molecule has 2 aromatic carbocycles. The summed E-state index contributed by atoms with van der Waals surface area (Å²) in [5, 5.41) is 0.185. The molecule has 1 saturated heterocycles. The van der Waals surface area contributed by atoms with Gasteiger partial charge in [0.1, 0.15) is 22.3 Å². The van der Waals surface area contributed by atoms with Crippen molar-refractivity contribution in [3.8, 4) is 5.75 Å². The number of ether oxygens (including phenoxy) is 4. The van der Waals surface area contributed by atoms with Gasteiger partial charge in [0.15, 0.2) is 0 Å². The van der Waals surface area contributed by atoms with E-state index in [1.807, 2.05) is 25.1 Å². The van der Waals surface area contributed by atoms with E-state index in [0.717, 1.165) is 55.9 Å². The molecule has 5 aliphatic rings. The van der Waals surface area contributed by atoms with Crippen LogP contribution in [0.4, 0.5) is 5.69 Å². The van der Waals surface area contributed by atoms with Crippen molar-refractivity contribution in [3.05, 3.63) is 70.3 Å². The van der Waals surface area contributed by atoms with Crippen LogP contribution in [0.5, 0.6) is 5.75 Å². The lowest BCUT2D eigenvalue weighted by Gasteiger charge is -2.46. The zero-order chi connectivity index (χ0) is 36.3. The summed E-state index contributed by atoms with van der Waals surface area (Å²) < 4.78 is 45.8. The van der Waals surface area contributed by atoms with Crippen molar-refractivity contribution in [2.45, 2.75) is 94.0 Å². The summed E-state index contributed by atoms with van der Waals surface area (Å²) in [5.74, 6) is 0.268. The highest BCUT2D eigenvalue weighted by atomic mass is 35.5. The Hall–Kier alpha value is -2.96. The molecule has 282 valence electrons. The topological polar surface area (TPSA) is 116 Å². The second kappa shape index (κ2) is 16.2. The maximum absolute atomic E-state index is 14.8. The first kappa shape index (κ1) is 37.4. The van der Waals surface area contributed by atoms with E-state index in [1.165, 1.54) is 11.1 Å². The minimum atomic E-state index is -3.54. The molecule has 2 fully saturated rings. The van der Waals surface area contributed by atoms with Crippen molar-refractivity contribution in [1.82, 2.24) is 4.72 Å². The molecule has 52 heavy (non-hydrogen) atoms. The Kier molecular flexibility index (Phi) is 11.6. The zero-order valence-electron chi connectivity index (χ0n) is 30.4. The molecule has 10 nitrogen and oxygen atoms in total. The molecule has 0 radical (unpaired) electrons. The van der Waals surface area contributed by atoms with E-state index in [-0.39, 0.29) is 24.2 Å². The van der Waals surface area contributed by atoms with E-state index >= 15 is 0 Å². The molecule has 2 aliphatic carbocycles. The van der Waals surface area contributed by atoms with Gasteiger partial charge in [-0.3, -0.25) is 14.3 Å². The first-order valence-electron chi connectivity index (χ1n) is 19.0. The molecular formula is C40H52ClN3O7S. The highest BCUT2D eigenvalue weighted by Crippen LogP contribution is 2.47. The number of fused-ring (bicyclic) bond motifs is 4. The molecule has 0 unspecified atom stereocenters. The van der Waals surface area contributed by atoms with Gasteiger partial charge in [-0.1, -0.05) is 36.7 Å². The molecule has 3 aliphatic heterocycles. The summed E-state index contributed by atoms with van der Waals surface area (Å²) in [7, 11) is -1.77. The third kappa shape index (κ3) is 7.94. The van der Waals surface area contributed by atoms with Crippen LogP contribution in [0, 0.1) is 11.8 Å². The SMILES string of the molecule is CC[C@@H]1CC/C=C/[C@H](OC)[C@@H]2CC[C@H]2CN2C[C@@]3(CCCc4cc(Cl)ccc43)COc3ccc(cc32)C(=O)N=[S@@]1(=O)NC(=O)COC1CCOCC1. The summed E-state index contributed by atoms with van der Waals surface area (Å²) in [6, 6.07) is 11.6. The predicted molar refractivity (Wildman–Crippen MR) is 203 cm³/mol. The standard InChI is InChI=1S/C40H52ClN3O7S/c1-3-32-8-4-5-9-36(48-2)33-13-10-29(33)23-44-25-40(18-6-7-27-21-30(41)12-14-34(27)40)26-51-37-15-11-28(22-35(37)44)39(46)43-52(32,47)42-38(45)24-50-31-16-19-49-20-17-31/h5,9,11-12,14-15,21-22,29,31-33,36H,3-4,6-8,10,13,16-20,23-26H2,1-2H3,(H,42,43,45,46,47)/b9-5+/t29-,32+,33+,36-,40-,52-/m0/s1. The lowest BCUT2D eigenvalue weighted by atomic mass is 9.68. The van der Waals surface area contributed by atoms with Gasteiger partial charge in [-0.2, -0.15) is 0 Å². The summed E-state index contributed by atoms with van der Waals surface area (Å²) >= 11 is 6.47. The van der Waals surface area contributed by atoms with Crippen LogP contribution in [-0.4, -0.2) is 80.1 Å². The van der Waals surface area contributed by atoms with Gasteiger partial charge in [0.25, 0.3) is 11.8 Å². The third-order valence-corrected chi connectivity index (χ3v) is 14.6. The fourth-order valence-corrected chi connectivity index (χ4v) is 11.1. The van der Waals surface area contributed by atoms with E-state index < -0.39 is 27.0 Å². The Morgan fingerprint density at radius 1 is 1.13 bits per heavy atom. The summed E-state index contributed by atoms with van der Waals surface area (Å²) in [6.45, 7) is 4.82. The third-order valence-electron chi connectivity index (χ3n) is 11.9. The van der Waals surface area contributed by atoms with Gasteiger partial charge in [0.2, 0.25) is 0 Å². The molecule has 0 aromatic heterocycles. The molecule has 1 saturated carbocycles. The van der Waals surface area contributed by atoms with Crippen LogP contribution in [-0.2, 0) is 40.8 Å². The number of halogens is 1. The molecule has 1 spiro atoms. The molecule has 12 heteroatoms. The van der Waals surface area contributed by atoms with Crippen LogP contribution in [0.3, 0.4) is 0 Å². The number of benzene rings is 2. The average Bonchev–Trinajstić information content (AvgIpc) is 3.28. The Labute approximate surface area is 313 Å². The van der Waals surface area contributed by atoms with Gasteiger partial charge >= 0.3 is 0 Å². The number of carbonyl (C=O) groups excluding carboxylic acids is 2. The Balaban J connectivity index is 1.26. The number of nitrogens with zero attached hydrogens (tertiary/aromatic N) is 2. The van der Waals surface area contributed by atoms with Gasteiger partial charge in [0, 0.05) is 49.4 Å². The number of nitrogens with one attached hydrogen (secondary N) is 1. The molecular weight excluding hydrogens is 702 g/mol. The van der Waals surface area contributed by atoms with E-state index in [4.69, 9.17) is 30.5 Å². The lowest BCUT2D eigenvalue weighted by Crippen LogP contribution is -2.49. The molecule has 1 N–H and O–H groups in total. The smallest absolute Gasteiger partial charge is 0.286 e. The minimum Gasteiger partial charge on any atom is -0.490 e. The van der Waals surface area contributed by atoms with Crippen molar-refractivity contribution < 1.29 is 32.7 Å². The van der Waals surface area contributed by atoms with Gasteiger partial charge < -0.3 is 23.8 Å². The quantitative estimate of drug-likeness (QED) is 0.320. The van der Waals surface area contributed by atoms with Crippen molar-refractivity contribution in [2.24, 2.45) is 16.2 Å². The fourth-order valence-electron chi connectivity index (χ4n) is 8.87. The Bertz CT molecular complexity index is 1790. The van der Waals surface area contributed by atoms with Crippen molar-refractivity contribution in [1.29, 1.82) is 0 Å². The number of anilines is 1. The van der Waals surface area contributed by atoms with Crippen LogP contribution >= 0.6 is 11.6 Å². The molecule has 6 atom stereocenters. The summed E-state index contributed by atoms with van der Waals surface area (Å²) in [4.78, 5) is 29.8. The Morgan fingerprint density at radius 3 is 2.75 bits per heavy atom. The molecule has 3 heterocycles. The number of rotatable bonds is 6. The largest absolute Gasteiger partial charge is 0.490 e. The molecule has 2 bridgehead atoms. The van der Waals surface area contributed by atoms with Crippen LogP contribution in [0.15, 0.2) is 52.9 Å². The zero-order valence-corrected chi connectivity index (χ0v) is 31.9. The van der Waals surface area contributed by atoms with E-state index in [9.17, 15) is 13.8 Å². The van der Waals surface area contributed by atoms with Crippen molar-refractivity contribution >= 4 is 39.0 Å². The average molecular weight is 754 g/mol. The van der Waals surface area contributed by atoms with Gasteiger partial charge in [-0.05, 0) is 118 Å². The second-order valence-electron chi connectivity index (χ2n) is 15.1. The van der Waals surface area contributed by atoms with Gasteiger partial charge in [0.05, 0.1) is 29.8 Å². The number of allylic oxidation sites excluding steroid dienone is 1. The Morgan fingerprint density at radius 2 is 1.98 bits per heavy atom. The van der Waals surface area contributed by atoms with Crippen LogP contribution in [0.25, 0.3) is 0 Å². The van der Waals surface area contributed by atoms with E-state index in [2.05, 4.69) is 38.3 Å². The summed E-state index contributed by atoms with van der Waals surface area (Å²) in [6.07, 6.45) is 12.2. The summed E-state index contributed by atoms with van der Waals surface area (Å²) in [5.41, 5.74) is 3.42. The van der Waals surface area contributed by atoms with E-state index in [0.29, 0.717) is 75.1 Å². The van der Waals surface area contributed by atoms with Crippen LogP contribution in [0.2, 0.25) is 5.02 Å². The number of carbonyl (C=O) groups is 2. The normalized spacial score (nSPS) is 31.6. The molecule has 7 rings (SSSR count). The second-order valence-corrected chi connectivity index (χ2v) is 17.8. The van der Waals surface area contributed by atoms with Gasteiger partial charge in [-0.15, -0.1) is 4.36 Å². The predicted octanol–water partition coefficient (Wildman–Crippen LogP) is 6.82. The number of hydrogen-bond acceptors (Lipinski definition) is 8. The number of hydrogen-bond donors (Lipinski definition) is 1. The monoisotopic (exact) mass is 753 g/mol. The number of amides is 2. The van der Waals surface area contributed by atoms with Crippen LogP contribution < -0.4 is 14.4 Å². The van der Waals surface area contributed by atoms with Crippen molar-refractivity contribution in [2.75, 3.05) is 51.5 Å². The first-order valence-corrected chi connectivity index (χ1v) is 21.0. The number of methoxy groups -OCH3 is 1.